The van der Waals surface area contributed by atoms with E-state index in [-0.39, 0.29) is 12.2 Å². The van der Waals surface area contributed by atoms with Gasteiger partial charge in [-0.1, -0.05) is 35.9 Å². The van der Waals surface area contributed by atoms with Crippen molar-refractivity contribution in [2.75, 3.05) is 0 Å². The van der Waals surface area contributed by atoms with Crippen molar-refractivity contribution < 1.29 is 9.78 Å². The van der Waals surface area contributed by atoms with Crippen LogP contribution in [-0.2, 0) is 9.78 Å². The summed E-state index contributed by atoms with van der Waals surface area (Å²) in [7, 11) is 0. The zero-order valence-electron chi connectivity index (χ0n) is 8.44. The van der Waals surface area contributed by atoms with Crippen LogP contribution in [0.4, 0.5) is 0 Å². The smallest absolute Gasteiger partial charge is 0.136 e. The Morgan fingerprint density at radius 2 is 1.71 bits per heavy atom. The maximum absolute atomic E-state index is 5.23. The van der Waals surface area contributed by atoms with Gasteiger partial charge in [-0.3, -0.25) is 0 Å². The molecule has 2 heteroatoms. The SMILES string of the molecule is Cc1ccc(C2C=CC(C)OO2)cc1. The molecule has 2 atom stereocenters. The number of aryl methyl sites for hydroxylation is 1. The van der Waals surface area contributed by atoms with Gasteiger partial charge in [-0.25, -0.2) is 9.78 Å². The summed E-state index contributed by atoms with van der Waals surface area (Å²) in [6, 6.07) is 8.27. The third kappa shape index (κ3) is 2.03. The van der Waals surface area contributed by atoms with E-state index in [0.29, 0.717) is 0 Å². The second-order valence-corrected chi connectivity index (χ2v) is 3.61. The van der Waals surface area contributed by atoms with E-state index in [1.807, 2.05) is 19.1 Å². The highest BCUT2D eigenvalue weighted by atomic mass is 17.2. The summed E-state index contributed by atoms with van der Waals surface area (Å²) in [5.74, 6) is 0. The van der Waals surface area contributed by atoms with Gasteiger partial charge in [-0.15, -0.1) is 0 Å². The van der Waals surface area contributed by atoms with Crippen molar-refractivity contribution in [1.29, 1.82) is 0 Å². The Morgan fingerprint density at radius 3 is 2.29 bits per heavy atom. The lowest BCUT2D eigenvalue weighted by Crippen LogP contribution is -2.14. The highest BCUT2D eigenvalue weighted by Crippen LogP contribution is 2.23. The Bertz CT molecular complexity index is 327. The van der Waals surface area contributed by atoms with E-state index in [4.69, 9.17) is 9.78 Å². The van der Waals surface area contributed by atoms with Gasteiger partial charge in [0.25, 0.3) is 0 Å². The molecular weight excluding hydrogens is 176 g/mol. The minimum absolute atomic E-state index is 0.0525. The first-order chi connectivity index (χ1) is 6.75. The van der Waals surface area contributed by atoms with Crippen LogP contribution in [-0.4, -0.2) is 6.10 Å². The van der Waals surface area contributed by atoms with E-state index in [2.05, 4.69) is 31.2 Å². The molecule has 14 heavy (non-hydrogen) atoms. The molecule has 2 unspecified atom stereocenters. The van der Waals surface area contributed by atoms with Crippen molar-refractivity contribution in [3.05, 3.63) is 47.5 Å². The van der Waals surface area contributed by atoms with Crippen molar-refractivity contribution in [2.24, 2.45) is 0 Å². The highest BCUT2D eigenvalue weighted by Gasteiger charge is 2.15. The first-order valence-electron chi connectivity index (χ1n) is 4.83. The fourth-order valence-corrected chi connectivity index (χ4v) is 1.39. The van der Waals surface area contributed by atoms with Gasteiger partial charge in [-0.05, 0) is 25.5 Å². The second-order valence-electron chi connectivity index (χ2n) is 3.61. The lowest BCUT2D eigenvalue weighted by molar-refractivity contribution is -0.339. The molecule has 0 saturated carbocycles. The zero-order chi connectivity index (χ0) is 9.97. The van der Waals surface area contributed by atoms with Gasteiger partial charge in [0.1, 0.15) is 12.2 Å². The lowest BCUT2D eigenvalue weighted by atomic mass is 10.1. The topological polar surface area (TPSA) is 18.5 Å². The van der Waals surface area contributed by atoms with E-state index in [0.717, 1.165) is 5.56 Å². The van der Waals surface area contributed by atoms with E-state index >= 15 is 0 Å². The Morgan fingerprint density at radius 1 is 1.00 bits per heavy atom. The van der Waals surface area contributed by atoms with Crippen molar-refractivity contribution in [3.8, 4) is 0 Å². The predicted molar refractivity (Wildman–Crippen MR) is 54.7 cm³/mol. The molecule has 0 saturated heterocycles. The summed E-state index contributed by atoms with van der Waals surface area (Å²) in [4.78, 5) is 10.3. The Hall–Kier alpha value is -1.12. The average Bonchev–Trinajstić information content (AvgIpc) is 2.21. The first kappa shape index (κ1) is 9.44. The quantitative estimate of drug-likeness (QED) is 0.500. The van der Waals surface area contributed by atoms with Crippen molar-refractivity contribution in [3.63, 3.8) is 0 Å². The molecule has 1 aliphatic rings. The van der Waals surface area contributed by atoms with E-state index in [9.17, 15) is 0 Å². The molecule has 1 heterocycles. The summed E-state index contributed by atoms with van der Waals surface area (Å²) in [5.41, 5.74) is 2.38. The predicted octanol–water partition coefficient (Wildman–Crippen LogP) is 2.94. The van der Waals surface area contributed by atoms with Gasteiger partial charge in [0.2, 0.25) is 0 Å². The van der Waals surface area contributed by atoms with Gasteiger partial charge in [-0.2, -0.15) is 0 Å². The average molecular weight is 190 g/mol. The molecule has 0 bridgehead atoms. The monoisotopic (exact) mass is 190 g/mol. The summed E-state index contributed by atoms with van der Waals surface area (Å²) in [6.07, 6.45) is 4.02. The molecule has 1 aromatic rings. The van der Waals surface area contributed by atoms with Gasteiger partial charge in [0.05, 0.1) is 0 Å². The third-order valence-electron chi connectivity index (χ3n) is 2.27. The van der Waals surface area contributed by atoms with Crippen LogP contribution in [0.5, 0.6) is 0 Å². The molecule has 0 radical (unpaired) electrons. The largest absolute Gasteiger partial charge is 0.229 e. The fourth-order valence-electron chi connectivity index (χ4n) is 1.39. The van der Waals surface area contributed by atoms with E-state index < -0.39 is 0 Å². The van der Waals surface area contributed by atoms with Crippen molar-refractivity contribution in [2.45, 2.75) is 26.1 Å². The van der Waals surface area contributed by atoms with Crippen LogP contribution >= 0.6 is 0 Å². The summed E-state index contributed by atoms with van der Waals surface area (Å²) in [6.45, 7) is 4.02. The van der Waals surface area contributed by atoms with Crippen LogP contribution in [0.25, 0.3) is 0 Å². The summed E-state index contributed by atoms with van der Waals surface area (Å²) in [5, 5.41) is 0. The third-order valence-corrected chi connectivity index (χ3v) is 2.27. The van der Waals surface area contributed by atoms with Crippen LogP contribution in [0.3, 0.4) is 0 Å². The first-order valence-corrected chi connectivity index (χ1v) is 4.83. The molecule has 0 fully saturated rings. The molecule has 0 spiro atoms. The molecule has 2 rings (SSSR count). The molecule has 74 valence electrons. The van der Waals surface area contributed by atoms with Gasteiger partial charge < -0.3 is 0 Å². The Balaban J connectivity index is 2.16. The Kier molecular flexibility index (Phi) is 2.66. The summed E-state index contributed by atoms with van der Waals surface area (Å²) < 4.78 is 0. The van der Waals surface area contributed by atoms with Crippen LogP contribution in [0, 0.1) is 6.92 Å². The molecule has 0 aliphatic carbocycles. The number of hydrogen-bond acceptors (Lipinski definition) is 2. The minimum atomic E-state index is -0.0631. The maximum atomic E-state index is 5.23. The number of hydrogen-bond donors (Lipinski definition) is 0. The van der Waals surface area contributed by atoms with Crippen LogP contribution in [0.1, 0.15) is 24.2 Å². The molecule has 2 nitrogen and oxygen atoms in total. The van der Waals surface area contributed by atoms with Crippen molar-refractivity contribution >= 4 is 0 Å². The fraction of sp³-hybridized carbons (Fsp3) is 0.333. The highest BCUT2D eigenvalue weighted by molar-refractivity contribution is 5.26. The maximum Gasteiger partial charge on any atom is 0.136 e. The second kappa shape index (κ2) is 3.95. The van der Waals surface area contributed by atoms with Gasteiger partial charge in [0, 0.05) is 0 Å². The lowest BCUT2D eigenvalue weighted by Gasteiger charge is -2.20. The molecule has 0 N–H and O–H groups in total. The minimum Gasteiger partial charge on any atom is -0.229 e. The number of benzene rings is 1. The van der Waals surface area contributed by atoms with E-state index in [1.54, 1.807) is 0 Å². The van der Waals surface area contributed by atoms with E-state index in [1.165, 1.54) is 5.56 Å². The molecule has 0 aromatic heterocycles. The standard InChI is InChI=1S/C12H14O2/c1-9-3-6-11(7-4-9)12-8-5-10(2)13-14-12/h3-8,10,12H,1-2H3. The van der Waals surface area contributed by atoms with Crippen LogP contribution in [0.15, 0.2) is 36.4 Å². The zero-order valence-corrected chi connectivity index (χ0v) is 8.44. The normalized spacial score (nSPS) is 26.4. The Labute approximate surface area is 84.1 Å². The van der Waals surface area contributed by atoms with Gasteiger partial charge in [0.15, 0.2) is 0 Å². The molecular formula is C12H14O2. The van der Waals surface area contributed by atoms with Gasteiger partial charge >= 0.3 is 0 Å². The van der Waals surface area contributed by atoms with Crippen LogP contribution < -0.4 is 0 Å². The molecule has 1 aromatic carbocycles. The molecule has 0 amide bonds. The van der Waals surface area contributed by atoms with Crippen molar-refractivity contribution in [1.82, 2.24) is 0 Å². The molecule has 1 aliphatic heterocycles. The summed E-state index contributed by atoms with van der Waals surface area (Å²) >= 11 is 0. The number of rotatable bonds is 1. The van der Waals surface area contributed by atoms with Crippen LogP contribution in [0.2, 0.25) is 0 Å².